The summed E-state index contributed by atoms with van der Waals surface area (Å²) in [7, 11) is 1.36. The molecule has 3 N–H and O–H groups in total. The summed E-state index contributed by atoms with van der Waals surface area (Å²) in [5, 5.41) is 6.85. The van der Waals surface area contributed by atoms with E-state index in [2.05, 4.69) is 10.4 Å². The maximum Gasteiger partial charge on any atom is 0.246 e. The minimum Gasteiger partial charge on any atom is -0.494 e. The zero-order chi connectivity index (χ0) is 15.6. The Hall–Kier alpha value is -2.57. The molecule has 0 aliphatic heterocycles. The van der Waals surface area contributed by atoms with Crippen molar-refractivity contribution in [3.63, 3.8) is 0 Å². The van der Waals surface area contributed by atoms with Crippen LogP contribution in [0.15, 0.2) is 18.2 Å². The zero-order valence-electron chi connectivity index (χ0n) is 12.1. The second-order valence-corrected chi connectivity index (χ2v) is 4.64. The quantitative estimate of drug-likeness (QED) is 0.901. The van der Waals surface area contributed by atoms with Gasteiger partial charge in [-0.15, -0.1) is 0 Å². The predicted molar refractivity (Wildman–Crippen MR) is 77.7 cm³/mol. The number of halogens is 1. The summed E-state index contributed by atoms with van der Waals surface area (Å²) in [5.41, 5.74) is 8.26. The van der Waals surface area contributed by atoms with Gasteiger partial charge in [0.1, 0.15) is 6.54 Å². The van der Waals surface area contributed by atoms with Gasteiger partial charge in [-0.2, -0.15) is 5.10 Å². The van der Waals surface area contributed by atoms with E-state index in [1.54, 1.807) is 13.8 Å². The van der Waals surface area contributed by atoms with Crippen LogP contribution < -0.4 is 15.8 Å². The first-order valence-corrected chi connectivity index (χ1v) is 6.35. The number of nitrogens with two attached hydrogens (primary N) is 1. The Labute approximate surface area is 121 Å². The summed E-state index contributed by atoms with van der Waals surface area (Å²) in [4.78, 5) is 12.0. The summed E-state index contributed by atoms with van der Waals surface area (Å²) in [5.74, 6) is -0.695. The fourth-order valence-corrected chi connectivity index (χ4v) is 1.94. The van der Waals surface area contributed by atoms with E-state index in [-0.39, 0.29) is 18.2 Å². The molecule has 0 spiro atoms. The molecular formula is C14H17FN4O2. The summed E-state index contributed by atoms with van der Waals surface area (Å²) in [6, 6.07) is 4.11. The molecule has 6 nitrogen and oxygen atoms in total. The average molecular weight is 292 g/mol. The molecule has 0 saturated heterocycles. The Morgan fingerprint density at radius 1 is 1.48 bits per heavy atom. The highest BCUT2D eigenvalue weighted by Crippen LogP contribution is 2.21. The van der Waals surface area contributed by atoms with Crippen molar-refractivity contribution in [3.05, 3.63) is 35.4 Å². The first-order valence-electron chi connectivity index (χ1n) is 6.35. The van der Waals surface area contributed by atoms with Crippen molar-refractivity contribution < 1.29 is 13.9 Å². The van der Waals surface area contributed by atoms with Crippen molar-refractivity contribution in [2.45, 2.75) is 20.4 Å². The monoisotopic (exact) mass is 292 g/mol. The minimum atomic E-state index is -0.484. The van der Waals surface area contributed by atoms with Gasteiger partial charge in [-0.25, -0.2) is 4.39 Å². The molecule has 7 heteroatoms. The van der Waals surface area contributed by atoms with Crippen LogP contribution in [-0.4, -0.2) is 22.8 Å². The molecule has 1 aromatic heterocycles. The van der Waals surface area contributed by atoms with Crippen LogP contribution in [0.1, 0.15) is 11.4 Å². The van der Waals surface area contributed by atoms with Gasteiger partial charge in [-0.1, -0.05) is 0 Å². The molecule has 1 aromatic carbocycles. The molecule has 0 unspecified atom stereocenters. The number of methoxy groups -OCH3 is 1. The van der Waals surface area contributed by atoms with E-state index in [0.717, 1.165) is 5.69 Å². The molecule has 112 valence electrons. The van der Waals surface area contributed by atoms with Gasteiger partial charge in [0.2, 0.25) is 5.91 Å². The lowest BCUT2D eigenvalue weighted by Gasteiger charge is -2.09. The van der Waals surface area contributed by atoms with Crippen LogP contribution >= 0.6 is 0 Å². The molecule has 1 heterocycles. The number of amides is 1. The fourth-order valence-electron chi connectivity index (χ4n) is 1.94. The highest BCUT2D eigenvalue weighted by Gasteiger charge is 2.12. The van der Waals surface area contributed by atoms with E-state index in [9.17, 15) is 9.18 Å². The number of aromatic nitrogens is 2. The van der Waals surface area contributed by atoms with Gasteiger partial charge in [0, 0.05) is 11.8 Å². The third kappa shape index (κ3) is 3.13. The maximum atomic E-state index is 13.3. The number of ether oxygens (including phenoxy) is 1. The number of aryl methyl sites for hydroxylation is 1. The van der Waals surface area contributed by atoms with E-state index < -0.39 is 5.82 Å². The number of hydrogen-bond acceptors (Lipinski definition) is 4. The number of carbonyl (C=O) groups is 1. The molecule has 0 radical (unpaired) electrons. The summed E-state index contributed by atoms with van der Waals surface area (Å²) < 4.78 is 19.7. The smallest absolute Gasteiger partial charge is 0.246 e. The number of anilines is 2. The molecule has 21 heavy (non-hydrogen) atoms. The lowest BCUT2D eigenvalue weighted by molar-refractivity contribution is -0.116. The van der Waals surface area contributed by atoms with Gasteiger partial charge in [-0.3, -0.25) is 9.48 Å². The van der Waals surface area contributed by atoms with Gasteiger partial charge in [0.15, 0.2) is 11.6 Å². The van der Waals surface area contributed by atoms with Gasteiger partial charge in [0.25, 0.3) is 0 Å². The van der Waals surface area contributed by atoms with E-state index in [4.69, 9.17) is 10.5 Å². The van der Waals surface area contributed by atoms with Crippen molar-refractivity contribution in [2.75, 3.05) is 18.2 Å². The number of nitrogens with one attached hydrogen (secondary N) is 1. The number of carbonyl (C=O) groups excluding carboxylic acids is 1. The summed E-state index contributed by atoms with van der Waals surface area (Å²) >= 11 is 0. The van der Waals surface area contributed by atoms with Gasteiger partial charge in [0.05, 0.1) is 24.2 Å². The van der Waals surface area contributed by atoms with Gasteiger partial charge < -0.3 is 15.8 Å². The van der Waals surface area contributed by atoms with Gasteiger partial charge in [-0.05, 0) is 26.0 Å². The summed E-state index contributed by atoms with van der Waals surface area (Å²) in [6.45, 7) is 3.61. The molecule has 2 aromatic rings. The van der Waals surface area contributed by atoms with Crippen LogP contribution in [0.5, 0.6) is 5.75 Å². The van der Waals surface area contributed by atoms with Crippen LogP contribution in [0.4, 0.5) is 15.8 Å². The van der Waals surface area contributed by atoms with Crippen molar-refractivity contribution in [2.24, 2.45) is 0 Å². The first kappa shape index (κ1) is 14.8. The van der Waals surface area contributed by atoms with Crippen LogP contribution in [0.3, 0.4) is 0 Å². The van der Waals surface area contributed by atoms with Crippen molar-refractivity contribution >= 4 is 17.3 Å². The molecule has 0 saturated carbocycles. The van der Waals surface area contributed by atoms with Gasteiger partial charge >= 0.3 is 0 Å². The van der Waals surface area contributed by atoms with Crippen LogP contribution in [0.25, 0.3) is 0 Å². The van der Waals surface area contributed by atoms with Crippen molar-refractivity contribution in [3.8, 4) is 5.75 Å². The van der Waals surface area contributed by atoms with E-state index in [1.807, 2.05) is 0 Å². The fraction of sp³-hybridized carbons (Fsp3) is 0.286. The third-order valence-electron chi connectivity index (χ3n) is 3.17. The molecule has 0 bridgehead atoms. The topological polar surface area (TPSA) is 82.2 Å². The summed E-state index contributed by atoms with van der Waals surface area (Å²) in [6.07, 6.45) is 0. The van der Waals surface area contributed by atoms with Crippen molar-refractivity contribution in [1.82, 2.24) is 9.78 Å². The Morgan fingerprint density at radius 3 is 2.76 bits per heavy atom. The van der Waals surface area contributed by atoms with E-state index in [0.29, 0.717) is 17.1 Å². The second kappa shape index (κ2) is 5.82. The first-order chi connectivity index (χ1) is 9.92. The molecular weight excluding hydrogens is 275 g/mol. The lowest BCUT2D eigenvalue weighted by atomic mass is 10.3. The van der Waals surface area contributed by atoms with E-state index in [1.165, 1.54) is 30.0 Å². The van der Waals surface area contributed by atoms with Crippen LogP contribution in [0, 0.1) is 19.7 Å². The molecule has 0 aliphatic carbocycles. The Bertz CT molecular complexity index is 682. The minimum absolute atomic E-state index is 0.0313. The van der Waals surface area contributed by atoms with Crippen LogP contribution in [0.2, 0.25) is 0 Å². The Kier molecular flexibility index (Phi) is 4.11. The predicted octanol–water partition coefficient (Wildman–Crippen LogP) is 1.87. The molecule has 1 amide bonds. The largest absolute Gasteiger partial charge is 0.494 e. The Morgan fingerprint density at radius 2 is 2.19 bits per heavy atom. The van der Waals surface area contributed by atoms with Crippen LogP contribution in [-0.2, 0) is 11.3 Å². The Balaban J connectivity index is 2.10. The average Bonchev–Trinajstić information content (AvgIpc) is 2.68. The molecule has 2 rings (SSSR count). The van der Waals surface area contributed by atoms with Crippen molar-refractivity contribution in [1.29, 1.82) is 0 Å². The standard InChI is InChI=1S/C14H17FN4O2/c1-8-14(16)9(2)19(18-8)7-13(20)17-10-4-5-11(15)12(6-10)21-3/h4-6H,7,16H2,1-3H3,(H,17,20). The SMILES string of the molecule is COc1cc(NC(=O)Cn2nc(C)c(N)c2C)ccc1F. The lowest BCUT2D eigenvalue weighted by Crippen LogP contribution is -2.20. The molecule has 0 fully saturated rings. The highest BCUT2D eigenvalue weighted by atomic mass is 19.1. The third-order valence-corrected chi connectivity index (χ3v) is 3.17. The maximum absolute atomic E-state index is 13.3. The number of benzene rings is 1. The normalized spacial score (nSPS) is 10.5. The number of nitrogens with zero attached hydrogens (tertiary/aromatic N) is 2. The number of hydrogen-bond donors (Lipinski definition) is 2. The number of nitrogen functional groups attached to an aromatic ring is 1. The number of rotatable bonds is 4. The second-order valence-electron chi connectivity index (χ2n) is 4.64. The molecule has 0 aliphatic rings. The highest BCUT2D eigenvalue weighted by molar-refractivity contribution is 5.90. The van der Waals surface area contributed by atoms with E-state index >= 15 is 0 Å². The molecule has 0 atom stereocenters. The zero-order valence-corrected chi connectivity index (χ0v) is 12.1.